The Hall–Kier alpha value is -1.07. The van der Waals surface area contributed by atoms with Crippen molar-refractivity contribution >= 4 is 18.3 Å². The molecule has 0 aromatic carbocycles. The summed E-state index contributed by atoms with van der Waals surface area (Å²) in [5.74, 6) is 0.416. The lowest BCUT2D eigenvalue weighted by Crippen LogP contribution is -2.32. The van der Waals surface area contributed by atoms with Gasteiger partial charge < -0.3 is 10.6 Å². The molecule has 0 saturated carbocycles. The van der Waals surface area contributed by atoms with E-state index in [4.69, 9.17) is 0 Å². The highest BCUT2D eigenvalue weighted by Crippen LogP contribution is 2.14. The Morgan fingerprint density at radius 2 is 2.09 bits per heavy atom. The fraction of sp³-hybridized carbons (Fsp3) is 0.750. The maximum Gasteiger partial charge on any atom is 0.223 e. The molecule has 2 heterocycles. The molecule has 1 amide bonds. The van der Waals surface area contributed by atoms with E-state index < -0.39 is 0 Å². The Morgan fingerprint density at radius 3 is 2.77 bits per heavy atom. The zero-order valence-electron chi connectivity index (χ0n) is 13.9. The number of aryl methyl sites for hydroxylation is 2. The quantitative estimate of drug-likeness (QED) is 0.814. The molecule has 1 atom stereocenters. The average molecular weight is 329 g/mol. The lowest BCUT2D eigenvalue weighted by Gasteiger charge is -2.14. The van der Waals surface area contributed by atoms with Gasteiger partial charge in [0.15, 0.2) is 0 Å². The highest BCUT2D eigenvalue weighted by atomic mass is 35.5. The molecule has 2 N–H and O–H groups in total. The fourth-order valence-corrected chi connectivity index (χ4v) is 2.87. The molecule has 5 nitrogen and oxygen atoms in total. The summed E-state index contributed by atoms with van der Waals surface area (Å²) in [6.45, 7) is 9.86. The van der Waals surface area contributed by atoms with Crippen molar-refractivity contribution < 1.29 is 4.79 Å². The summed E-state index contributed by atoms with van der Waals surface area (Å²) in [5, 5.41) is 11.0. The van der Waals surface area contributed by atoms with Gasteiger partial charge in [-0.05, 0) is 65.1 Å². The van der Waals surface area contributed by atoms with Crippen molar-refractivity contribution in [3.8, 4) is 0 Å². The SMILES string of the molecule is Cc1nn(CCCNC(=O)C2CCCNCC2)c(C)c1C.Cl. The third-order valence-corrected chi connectivity index (χ3v) is 4.54. The van der Waals surface area contributed by atoms with Crippen molar-refractivity contribution in [1.82, 2.24) is 20.4 Å². The molecule has 1 fully saturated rings. The summed E-state index contributed by atoms with van der Waals surface area (Å²) in [7, 11) is 0. The molecule has 0 spiro atoms. The van der Waals surface area contributed by atoms with Gasteiger partial charge in [0.05, 0.1) is 5.69 Å². The van der Waals surface area contributed by atoms with E-state index in [0.29, 0.717) is 0 Å². The monoisotopic (exact) mass is 328 g/mol. The lowest BCUT2D eigenvalue weighted by atomic mass is 10.00. The summed E-state index contributed by atoms with van der Waals surface area (Å²) < 4.78 is 2.05. The van der Waals surface area contributed by atoms with Crippen LogP contribution in [0.4, 0.5) is 0 Å². The van der Waals surface area contributed by atoms with E-state index in [-0.39, 0.29) is 24.2 Å². The van der Waals surface area contributed by atoms with Gasteiger partial charge in [-0.1, -0.05) is 0 Å². The standard InChI is InChI=1S/C16H28N4O.ClH/c1-12-13(2)19-20(14(12)3)11-5-9-18-16(21)15-6-4-8-17-10-7-15;/h15,17H,4-11H2,1-3H3,(H,18,21);1H. The number of amides is 1. The molecule has 1 aliphatic heterocycles. The van der Waals surface area contributed by atoms with E-state index in [1.165, 1.54) is 11.3 Å². The molecule has 1 aliphatic rings. The van der Waals surface area contributed by atoms with Crippen LogP contribution in [-0.4, -0.2) is 35.3 Å². The van der Waals surface area contributed by atoms with Crippen LogP contribution in [0.25, 0.3) is 0 Å². The lowest BCUT2D eigenvalue weighted by molar-refractivity contribution is -0.125. The topological polar surface area (TPSA) is 59.0 Å². The molecular weight excluding hydrogens is 300 g/mol. The van der Waals surface area contributed by atoms with E-state index in [2.05, 4.69) is 29.6 Å². The number of hydrogen-bond acceptors (Lipinski definition) is 3. The number of carbonyl (C=O) groups is 1. The summed E-state index contributed by atoms with van der Waals surface area (Å²) in [4.78, 5) is 12.1. The van der Waals surface area contributed by atoms with Crippen molar-refractivity contribution in [2.75, 3.05) is 19.6 Å². The van der Waals surface area contributed by atoms with Crippen LogP contribution >= 0.6 is 12.4 Å². The zero-order chi connectivity index (χ0) is 15.2. The second-order valence-electron chi connectivity index (χ2n) is 6.04. The maximum absolute atomic E-state index is 12.1. The van der Waals surface area contributed by atoms with Crippen molar-refractivity contribution in [2.24, 2.45) is 5.92 Å². The molecule has 0 radical (unpaired) electrons. The highest BCUT2D eigenvalue weighted by Gasteiger charge is 2.19. The van der Waals surface area contributed by atoms with Gasteiger partial charge in [0.25, 0.3) is 0 Å². The molecule has 1 aromatic rings. The predicted molar refractivity (Wildman–Crippen MR) is 91.5 cm³/mol. The summed E-state index contributed by atoms with van der Waals surface area (Å²) >= 11 is 0. The van der Waals surface area contributed by atoms with E-state index in [1.54, 1.807) is 0 Å². The van der Waals surface area contributed by atoms with Gasteiger partial charge in [0.1, 0.15) is 0 Å². The molecule has 1 saturated heterocycles. The number of halogens is 1. The van der Waals surface area contributed by atoms with Crippen LogP contribution in [0.15, 0.2) is 0 Å². The van der Waals surface area contributed by atoms with Crippen LogP contribution in [0.2, 0.25) is 0 Å². The van der Waals surface area contributed by atoms with E-state index in [1.807, 2.05) is 11.6 Å². The minimum absolute atomic E-state index is 0. The van der Waals surface area contributed by atoms with Gasteiger partial charge >= 0.3 is 0 Å². The second kappa shape index (κ2) is 9.16. The Morgan fingerprint density at radius 1 is 1.32 bits per heavy atom. The Kier molecular flexibility index (Phi) is 7.90. The first kappa shape index (κ1) is 19.0. The normalized spacial score (nSPS) is 18.4. The first-order chi connectivity index (χ1) is 10.1. The Balaban J connectivity index is 0.00000242. The molecule has 0 aliphatic carbocycles. The van der Waals surface area contributed by atoms with Crippen LogP contribution in [0.3, 0.4) is 0 Å². The number of nitrogens with zero attached hydrogens (tertiary/aromatic N) is 2. The summed E-state index contributed by atoms with van der Waals surface area (Å²) in [6, 6.07) is 0. The van der Waals surface area contributed by atoms with Crippen LogP contribution < -0.4 is 10.6 Å². The smallest absolute Gasteiger partial charge is 0.223 e. The van der Waals surface area contributed by atoms with Crippen LogP contribution in [0, 0.1) is 26.7 Å². The number of aromatic nitrogens is 2. The van der Waals surface area contributed by atoms with Gasteiger partial charge in [-0.3, -0.25) is 9.48 Å². The number of carbonyl (C=O) groups excluding carboxylic acids is 1. The molecule has 0 bridgehead atoms. The van der Waals surface area contributed by atoms with Gasteiger partial charge in [-0.25, -0.2) is 0 Å². The Labute approximate surface area is 139 Å². The largest absolute Gasteiger partial charge is 0.356 e. The fourth-order valence-electron chi connectivity index (χ4n) is 2.87. The maximum atomic E-state index is 12.1. The Bertz CT molecular complexity index is 479. The van der Waals surface area contributed by atoms with Crippen molar-refractivity contribution in [3.05, 3.63) is 17.0 Å². The predicted octanol–water partition coefficient (Wildman–Crippen LogP) is 2.13. The highest BCUT2D eigenvalue weighted by molar-refractivity contribution is 5.85. The molecule has 126 valence electrons. The molecule has 6 heteroatoms. The van der Waals surface area contributed by atoms with E-state index >= 15 is 0 Å². The molecule has 1 unspecified atom stereocenters. The van der Waals surface area contributed by atoms with Crippen LogP contribution in [-0.2, 0) is 11.3 Å². The van der Waals surface area contributed by atoms with Crippen molar-refractivity contribution in [2.45, 2.75) is 53.0 Å². The molecule has 2 rings (SSSR count). The summed E-state index contributed by atoms with van der Waals surface area (Å²) in [5.41, 5.74) is 3.60. The van der Waals surface area contributed by atoms with Crippen LogP contribution in [0.1, 0.15) is 42.6 Å². The number of rotatable bonds is 5. The van der Waals surface area contributed by atoms with E-state index in [0.717, 1.165) is 57.6 Å². The van der Waals surface area contributed by atoms with Gasteiger partial charge in [0, 0.05) is 24.7 Å². The van der Waals surface area contributed by atoms with Gasteiger partial charge in [-0.15, -0.1) is 12.4 Å². The summed E-state index contributed by atoms with van der Waals surface area (Å²) in [6.07, 6.45) is 4.00. The minimum Gasteiger partial charge on any atom is -0.356 e. The van der Waals surface area contributed by atoms with Gasteiger partial charge in [-0.2, -0.15) is 5.10 Å². The van der Waals surface area contributed by atoms with E-state index in [9.17, 15) is 4.79 Å². The third kappa shape index (κ3) is 4.99. The third-order valence-electron chi connectivity index (χ3n) is 4.54. The van der Waals surface area contributed by atoms with Gasteiger partial charge in [0.2, 0.25) is 5.91 Å². The number of nitrogens with one attached hydrogen (secondary N) is 2. The minimum atomic E-state index is 0. The van der Waals surface area contributed by atoms with Crippen molar-refractivity contribution in [3.63, 3.8) is 0 Å². The van der Waals surface area contributed by atoms with Crippen molar-refractivity contribution in [1.29, 1.82) is 0 Å². The number of hydrogen-bond donors (Lipinski definition) is 2. The van der Waals surface area contributed by atoms with Crippen LogP contribution in [0.5, 0.6) is 0 Å². The molecule has 22 heavy (non-hydrogen) atoms. The first-order valence-electron chi connectivity index (χ1n) is 8.08. The first-order valence-corrected chi connectivity index (χ1v) is 8.08. The second-order valence-corrected chi connectivity index (χ2v) is 6.04. The zero-order valence-corrected chi connectivity index (χ0v) is 14.8. The molecule has 1 aromatic heterocycles. The molecular formula is C16H29ClN4O. The average Bonchev–Trinajstić information content (AvgIpc) is 2.71.